The Balaban J connectivity index is 1.26. The molecule has 1 aromatic carbocycles. The SMILES string of the molecule is CCC1(c2ccccc2)NC(=O)N(NC(=O)CSc2nnc(C3CC3)n2Cc2ccco2)C1=O. The molecule has 176 valence electrons. The number of aromatic nitrogens is 3. The highest BCUT2D eigenvalue weighted by molar-refractivity contribution is 7.99. The molecule has 1 saturated carbocycles. The number of imide groups is 1. The van der Waals surface area contributed by atoms with Gasteiger partial charge in [0.2, 0.25) is 5.91 Å². The van der Waals surface area contributed by atoms with Crippen LogP contribution in [-0.4, -0.2) is 43.4 Å². The third-order valence-electron chi connectivity index (χ3n) is 6.04. The molecule has 2 fully saturated rings. The van der Waals surface area contributed by atoms with Crippen LogP contribution in [0.25, 0.3) is 0 Å². The van der Waals surface area contributed by atoms with Gasteiger partial charge in [-0.2, -0.15) is 5.01 Å². The summed E-state index contributed by atoms with van der Waals surface area (Å²) >= 11 is 1.20. The summed E-state index contributed by atoms with van der Waals surface area (Å²) in [6.07, 6.45) is 4.09. The predicted octanol–water partition coefficient (Wildman–Crippen LogP) is 2.78. The lowest BCUT2D eigenvalue weighted by Gasteiger charge is -2.25. The van der Waals surface area contributed by atoms with Gasteiger partial charge in [-0.25, -0.2) is 4.79 Å². The Kier molecular flexibility index (Phi) is 5.86. The first kappa shape index (κ1) is 22.2. The summed E-state index contributed by atoms with van der Waals surface area (Å²) in [7, 11) is 0. The number of carbonyl (C=O) groups excluding carboxylic acids is 3. The van der Waals surface area contributed by atoms with Crippen LogP contribution in [-0.2, 0) is 21.7 Å². The van der Waals surface area contributed by atoms with Crippen molar-refractivity contribution in [2.45, 2.75) is 49.3 Å². The number of thioether (sulfide) groups is 1. The van der Waals surface area contributed by atoms with Crippen molar-refractivity contribution in [1.29, 1.82) is 0 Å². The standard InChI is InChI=1S/C23H24N6O4S/c1-2-23(16-7-4-3-5-8-16)20(31)29(21(32)24-23)27-18(30)14-34-22-26-25-19(15-10-11-15)28(22)13-17-9-6-12-33-17/h3-9,12,15H,2,10-11,13-14H2,1H3,(H,24,32)(H,27,30). The monoisotopic (exact) mass is 480 g/mol. The number of furan rings is 1. The van der Waals surface area contributed by atoms with Crippen molar-refractivity contribution in [3.63, 3.8) is 0 Å². The molecule has 1 atom stereocenters. The fourth-order valence-electron chi connectivity index (χ4n) is 4.08. The van der Waals surface area contributed by atoms with Crippen LogP contribution in [0.4, 0.5) is 4.79 Å². The number of hydrogen-bond acceptors (Lipinski definition) is 7. The minimum absolute atomic E-state index is 0.0392. The summed E-state index contributed by atoms with van der Waals surface area (Å²) in [4.78, 5) is 38.5. The van der Waals surface area contributed by atoms with E-state index in [1.54, 1.807) is 30.5 Å². The van der Waals surface area contributed by atoms with E-state index >= 15 is 0 Å². The zero-order valence-electron chi connectivity index (χ0n) is 18.6. The highest BCUT2D eigenvalue weighted by atomic mass is 32.2. The minimum Gasteiger partial charge on any atom is -0.467 e. The van der Waals surface area contributed by atoms with Gasteiger partial charge in [0.15, 0.2) is 5.16 Å². The van der Waals surface area contributed by atoms with Crippen molar-refractivity contribution in [2.24, 2.45) is 0 Å². The van der Waals surface area contributed by atoms with Crippen LogP contribution in [0.5, 0.6) is 0 Å². The molecule has 1 aliphatic heterocycles. The van der Waals surface area contributed by atoms with E-state index in [2.05, 4.69) is 20.9 Å². The summed E-state index contributed by atoms with van der Waals surface area (Å²) in [6.45, 7) is 2.29. The van der Waals surface area contributed by atoms with Gasteiger partial charge >= 0.3 is 6.03 Å². The Labute approximate surface area is 200 Å². The second-order valence-corrected chi connectivity index (χ2v) is 9.24. The molecule has 5 rings (SSSR count). The topological polar surface area (TPSA) is 122 Å². The van der Waals surface area contributed by atoms with Crippen LogP contribution in [0.3, 0.4) is 0 Å². The predicted molar refractivity (Wildman–Crippen MR) is 122 cm³/mol. The molecule has 4 amide bonds. The Morgan fingerprint density at radius 3 is 2.68 bits per heavy atom. The molecule has 11 heteroatoms. The Bertz CT molecular complexity index is 1210. The van der Waals surface area contributed by atoms with E-state index in [-0.39, 0.29) is 5.75 Å². The Morgan fingerprint density at radius 2 is 2.00 bits per heavy atom. The fraction of sp³-hybridized carbons (Fsp3) is 0.348. The van der Waals surface area contributed by atoms with Gasteiger partial charge in [0.1, 0.15) is 17.1 Å². The number of hydrogen-bond donors (Lipinski definition) is 2. The van der Waals surface area contributed by atoms with Gasteiger partial charge in [0.05, 0.1) is 18.6 Å². The summed E-state index contributed by atoms with van der Waals surface area (Å²) in [5.74, 6) is 0.975. The largest absolute Gasteiger partial charge is 0.467 e. The molecule has 10 nitrogen and oxygen atoms in total. The van der Waals surface area contributed by atoms with Gasteiger partial charge in [-0.15, -0.1) is 10.2 Å². The molecule has 2 N–H and O–H groups in total. The number of benzene rings is 1. The first-order valence-corrected chi connectivity index (χ1v) is 12.1. The maximum atomic E-state index is 13.2. The molecule has 0 bridgehead atoms. The molecular formula is C23H24N6O4S. The van der Waals surface area contributed by atoms with Crippen LogP contribution in [0.2, 0.25) is 0 Å². The highest BCUT2D eigenvalue weighted by Crippen LogP contribution is 2.40. The number of urea groups is 1. The number of nitrogens with zero attached hydrogens (tertiary/aromatic N) is 4. The van der Waals surface area contributed by atoms with Crippen LogP contribution in [0.15, 0.2) is 58.3 Å². The van der Waals surface area contributed by atoms with E-state index < -0.39 is 23.4 Å². The van der Waals surface area contributed by atoms with E-state index in [4.69, 9.17) is 4.42 Å². The van der Waals surface area contributed by atoms with Crippen molar-refractivity contribution in [2.75, 3.05) is 5.75 Å². The average Bonchev–Trinajstić information content (AvgIpc) is 3.32. The first-order chi connectivity index (χ1) is 16.5. The number of hydrazine groups is 1. The van der Waals surface area contributed by atoms with E-state index in [1.165, 1.54) is 11.8 Å². The zero-order valence-corrected chi connectivity index (χ0v) is 19.4. The second-order valence-electron chi connectivity index (χ2n) is 8.30. The van der Waals surface area contributed by atoms with Crippen LogP contribution < -0.4 is 10.7 Å². The van der Waals surface area contributed by atoms with Crippen molar-refractivity contribution in [1.82, 2.24) is 30.5 Å². The minimum atomic E-state index is -1.21. The molecule has 1 aliphatic carbocycles. The molecule has 3 aromatic rings. The summed E-state index contributed by atoms with van der Waals surface area (Å²) < 4.78 is 7.43. The molecule has 2 aromatic heterocycles. The molecular weight excluding hydrogens is 456 g/mol. The second kappa shape index (κ2) is 8.98. The smallest absolute Gasteiger partial charge is 0.344 e. The zero-order chi connectivity index (χ0) is 23.7. The van der Waals surface area contributed by atoms with Crippen molar-refractivity contribution < 1.29 is 18.8 Å². The fourth-order valence-corrected chi connectivity index (χ4v) is 4.82. The third kappa shape index (κ3) is 4.07. The number of nitrogens with one attached hydrogen (secondary N) is 2. The van der Waals surface area contributed by atoms with E-state index in [9.17, 15) is 14.4 Å². The molecule has 1 unspecified atom stereocenters. The first-order valence-electron chi connectivity index (χ1n) is 11.1. The molecule has 34 heavy (non-hydrogen) atoms. The summed E-state index contributed by atoms with van der Waals surface area (Å²) in [6, 6.07) is 12.1. The number of carbonyl (C=O) groups is 3. The number of amides is 4. The van der Waals surface area contributed by atoms with Gasteiger partial charge < -0.3 is 9.73 Å². The van der Waals surface area contributed by atoms with Gasteiger partial charge in [-0.3, -0.25) is 19.6 Å². The van der Waals surface area contributed by atoms with E-state index in [0.29, 0.717) is 29.6 Å². The Hall–Kier alpha value is -3.60. The maximum absolute atomic E-state index is 13.2. The van der Waals surface area contributed by atoms with Crippen molar-refractivity contribution >= 4 is 29.6 Å². The molecule has 1 saturated heterocycles. The van der Waals surface area contributed by atoms with Gasteiger partial charge in [0, 0.05) is 5.92 Å². The van der Waals surface area contributed by atoms with Gasteiger partial charge in [-0.05, 0) is 37.0 Å². The lowest BCUT2D eigenvalue weighted by molar-refractivity contribution is -0.138. The van der Waals surface area contributed by atoms with E-state index in [1.807, 2.05) is 29.7 Å². The van der Waals surface area contributed by atoms with Gasteiger partial charge in [0.25, 0.3) is 5.91 Å². The highest BCUT2D eigenvalue weighted by Gasteiger charge is 2.52. The normalized spacial score (nSPS) is 20.0. The third-order valence-corrected chi connectivity index (χ3v) is 7.01. The maximum Gasteiger partial charge on any atom is 0.344 e. The van der Waals surface area contributed by atoms with Crippen LogP contribution >= 0.6 is 11.8 Å². The Morgan fingerprint density at radius 1 is 1.21 bits per heavy atom. The summed E-state index contributed by atoms with van der Waals surface area (Å²) in [5, 5.41) is 12.7. The lowest BCUT2D eigenvalue weighted by atomic mass is 9.87. The molecule has 3 heterocycles. The van der Waals surface area contributed by atoms with Gasteiger partial charge in [-0.1, -0.05) is 49.0 Å². The quantitative estimate of drug-likeness (QED) is 0.357. The van der Waals surface area contributed by atoms with E-state index in [0.717, 1.165) is 29.4 Å². The van der Waals surface area contributed by atoms with Crippen molar-refractivity contribution in [3.05, 3.63) is 65.9 Å². The van der Waals surface area contributed by atoms with Crippen LogP contribution in [0.1, 0.15) is 49.3 Å². The number of rotatable bonds is 9. The van der Waals surface area contributed by atoms with Crippen molar-refractivity contribution in [3.8, 4) is 0 Å². The lowest BCUT2D eigenvalue weighted by Crippen LogP contribution is -2.49. The molecule has 0 spiro atoms. The summed E-state index contributed by atoms with van der Waals surface area (Å²) in [5.41, 5.74) is 1.91. The molecule has 0 radical (unpaired) electrons. The average molecular weight is 481 g/mol. The van der Waals surface area contributed by atoms with Crippen LogP contribution in [0, 0.1) is 0 Å². The molecule has 2 aliphatic rings.